The first-order valence-electron chi connectivity index (χ1n) is 6.04. The average molecular weight is 221 g/mol. The van der Waals surface area contributed by atoms with Crippen LogP contribution < -0.4 is 0 Å². The first-order chi connectivity index (χ1) is 7.77. The molecule has 0 aliphatic heterocycles. The number of aliphatic hydroxyl groups is 1. The lowest BCUT2D eigenvalue weighted by atomic mass is 10.1. The lowest BCUT2D eigenvalue weighted by Gasteiger charge is -2.05. The molecule has 0 aromatic carbocycles. The first-order valence-corrected chi connectivity index (χ1v) is 6.04. The van der Waals surface area contributed by atoms with E-state index in [1.807, 2.05) is 12.1 Å². The molecule has 89 valence electrons. The van der Waals surface area contributed by atoms with E-state index in [-0.39, 0.29) is 0 Å². The average Bonchev–Trinajstić information content (AvgIpc) is 2.75. The fourth-order valence-electron chi connectivity index (χ4n) is 1.64. The third kappa shape index (κ3) is 4.23. The number of aliphatic hydroxyl groups excluding tert-OH is 1. The summed E-state index contributed by atoms with van der Waals surface area (Å²) >= 11 is 0. The SMILES string of the molecule is C=[C]CC[C@H](O)c1ccc(CCCCC)o1. The number of hydrogen-bond acceptors (Lipinski definition) is 2. The minimum Gasteiger partial charge on any atom is -0.463 e. The summed E-state index contributed by atoms with van der Waals surface area (Å²) < 4.78 is 5.59. The van der Waals surface area contributed by atoms with E-state index < -0.39 is 6.10 Å². The van der Waals surface area contributed by atoms with E-state index in [2.05, 4.69) is 19.6 Å². The highest BCUT2D eigenvalue weighted by Gasteiger charge is 2.11. The van der Waals surface area contributed by atoms with Gasteiger partial charge in [-0.05, 0) is 31.4 Å². The van der Waals surface area contributed by atoms with Crippen molar-refractivity contribution in [3.63, 3.8) is 0 Å². The number of furan rings is 1. The summed E-state index contributed by atoms with van der Waals surface area (Å²) in [6.07, 6.45) is 8.12. The van der Waals surface area contributed by atoms with Crippen LogP contribution in [0.1, 0.15) is 56.7 Å². The van der Waals surface area contributed by atoms with E-state index >= 15 is 0 Å². The molecule has 0 saturated carbocycles. The highest BCUT2D eigenvalue weighted by molar-refractivity contribution is 5.09. The second kappa shape index (κ2) is 7.29. The summed E-state index contributed by atoms with van der Waals surface area (Å²) in [7, 11) is 0. The highest BCUT2D eigenvalue weighted by Crippen LogP contribution is 2.21. The maximum absolute atomic E-state index is 9.78. The maximum Gasteiger partial charge on any atom is 0.132 e. The molecule has 1 N–H and O–H groups in total. The van der Waals surface area contributed by atoms with Gasteiger partial charge in [0, 0.05) is 6.42 Å². The van der Waals surface area contributed by atoms with Crippen LogP contribution in [0.3, 0.4) is 0 Å². The van der Waals surface area contributed by atoms with Crippen LogP contribution in [0.2, 0.25) is 0 Å². The Labute approximate surface area is 98.0 Å². The molecule has 1 aromatic heterocycles. The van der Waals surface area contributed by atoms with Gasteiger partial charge < -0.3 is 9.52 Å². The Balaban J connectivity index is 2.40. The summed E-state index contributed by atoms with van der Waals surface area (Å²) in [4.78, 5) is 0. The van der Waals surface area contributed by atoms with Gasteiger partial charge >= 0.3 is 0 Å². The van der Waals surface area contributed by atoms with Crippen molar-refractivity contribution < 1.29 is 9.52 Å². The Bertz CT molecular complexity index is 301. The maximum atomic E-state index is 9.78. The molecule has 1 radical (unpaired) electrons. The molecule has 0 saturated heterocycles. The van der Waals surface area contributed by atoms with Crippen LogP contribution >= 0.6 is 0 Å². The van der Waals surface area contributed by atoms with Crippen molar-refractivity contribution in [2.24, 2.45) is 0 Å². The molecular formula is C14H21O2. The van der Waals surface area contributed by atoms with E-state index in [9.17, 15) is 5.11 Å². The van der Waals surface area contributed by atoms with Crippen molar-refractivity contribution >= 4 is 0 Å². The predicted octanol–water partition coefficient (Wildman–Crippen LogP) is 3.82. The van der Waals surface area contributed by atoms with Gasteiger partial charge in [0.15, 0.2) is 0 Å². The lowest BCUT2D eigenvalue weighted by molar-refractivity contribution is 0.139. The summed E-state index contributed by atoms with van der Waals surface area (Å²) in [5.41, 5.74) is 0. The zero-order valence-corrected chi connectivity index (χ0v) is 10.0. The van der Waals surface area contributed by atoms with Gasteiger partial charge in [0.05, 0.1) is 0 Å². The number of hydrogen-bond donors (Lipinski definition) is 1. The van der Waals surface area contributed by atoms with Crippen molar-refractivity contribution in [1.29, 1.82) is 0 Å². The molecular weight excluding hydrogens is 200 g/mol. The third-order valence-electron chi connectivity index (χ3n) is 2.63. The quantitative estimate of drug-likeness (QED) is 0.677. The molecule has 2 heteroatoms. The van der Waals surface area contributed by atoms with E-state index in [0.29, 0.717) is 18.6 Å². The minimum absolute atomic E-state index is 0.519. The van der Waals surface area contributed by atoms with Crippen LogP contribution in [0.15, 0.2) is 23.1 Å². The van der Waals surface area contributed by atoms with Gasteiger partial charge in [-0.15, -0.1) is 0 Å². The fourth-order valence-corrected chi connectivity index (χ4v) is 1.64. The van der Waals surface area contributed by atoms with Gasteiger partial charge in [-0.25, -0.2) is 0 Å². The van der Waals surface area contributed by atoms with E-state index in [4.69, 9.17) is 4.42 Å². The Morgan fingerprint density at radius 1 is 1.44 bits per heavy atom. The van der Waals surface area contributed by atoms with E-state index in [1.54, 1.807) is 0 Å². The molecule has 2 nitrogen and oxygen atoms in total. The zero-order chi connectivity index (χ0) is 11.8. The topological polar surface area (TPSA) is 33.4 Å². The first kappa shape index (κ1) is 13.0. The third-order valence-corrected chi connectivity index (χ3v) is 2.63. The van der Waals surface area contributed by atoms with Crippen LogP contribution in [0, 0.1) is 6.08 Å². The largest absolute Gasteiger partial charge is 0.463 e. The highest BCUT2D eigenvalue weighted by atomic mass is 16.4. The summed E-state index contributed by atoms with van der Waals surface area (Å²) in [6.45, 7) is 5.70. The summed E-state index contributed by atoms with van der Waals surface area (Å²) in [6, 6.07) is 3.83. The molecule has 0 unspecified atom stereocenters. The van der Waals surface area contributed by atoms with Crippen molar-refractivity contribution in [2.75, 3.05) is 0 Å². The smallest absolute Gasteiger partial charge is 0.132 e. The van der Waals surface area contributed by atoms with Gasteiger partial charge in [0.25, 0.3) is 0 Å². The second-order valence-corrected chi connectivity index (χ2v) is 4.07. The molecule has 0 aliphatic rings. The molecule has 0 spiro atoms. The molecule has 1 heterocycles. The molecule has 0 fully saturated rings. The number of allylic oxidation sites excluding steroid dienone is 1. The normalized spacial score (nSPS) is 12.6. The van der Waals surface area contributed by atoms with Gasteiger partial charge in [-0.3, -0.25) is 0 Å². The van der Waals surface area contributed by atoms with Gasteiger partial charge in [0.1, 0.15) is 17.6 Å². The van der Waals surface area contributed by atoms with Crippen molar-refractivity contribution in [1.82, 2.24) is 0 Å². The Hall–Kier alpha value is -1.02. The summed E-state index contributed by atoms with van der Waals surface area (Å²) in [5, 5.41) is 9.78. The van der Waals surface area contributed by atoms with Gasteiger partial charge in [-0.2, -0.15) is 0 Å². The zero-order valence-electron chi connectivity index (χ0n) is 10.0. The predicted molar refractivity (Wildman–Crippen MR) is 65.0 cm³/mol. The molecule has 1 aromatic rings. The number of unbranched alkanes of at least 4 members (excludes halogenated alkanes) is 2. The number of aryl methyl sites for hydroxylation is 1. The van der Waals surface area contributed by atoms with Crippen molar-refractivity contribution in [3.8, 4) is 0 Å². The molecule has 16 heavy (non-hydrogen) atoms. The molecule has 0 bridgehead atoms. The van der Waals surface area contributed by atoms with Crippen LogP contribution in [-0.2, 0) is 6.42 Å². The standard InChI is InChI=1S/C14H21O2/c1-3-5-7-8-12-10-11-14(16-12)13(15)9-6-4-2/h10-11,13,15H,2-3,5-9H2,1H3/t13-/m0/s1. The summed E-state index contributed by atoms with van der Waals surface area (Å²) in [5.74, 6) is 1.65. The molecule has 0 aliphatic carbocycles. The van der Waals surface area contributed by atoms with E-state index in [0.717, 1.165) is 18.6 Å². The number of rotatable bonds is 8. The van der Waals surface area contributed by atoms with Crippen molar-refractivity contribution in [3.05, 3.63) is 36.3 Å². The molecule has 0 amide bonds. The Kier molecular flexibility index (Phi) is 5.94. The Morgan fingerprint density at radius 3 is 2.94 bits per heavy atom. The lowest BCUT2D eigenvalue weighted by Crippen LogP contribution is -1.94. The minimum atomic E-state index is -0.519. The Morgan fingerprint density at radius 2 is 2.25 bits per heavy atom. The molecule has 1 rings (SSSR count). The van der Waals surface area contributed by atoms with Gasteiger partial charge in [-0.1, -0.05) is 32.4 Å². The van der Waals surface area contributed by atoms with Crippen LogP contribution in [0.25, 0.3) is 0 Å². The monoisotopic (exact) mass is 221 g/mol. The van der Waals surface area contributed by atoms with Crippen LogP contribution in [-0.4, -0.2) is 5.11 Å². The van der Waals surface area contributed by atoms with Gasteiger partial charge in [0.2, 0.25) is 0 Å². The van der Waals surface area contributed by atoms with E-state index in [1.165, 1.54) is 12.8 Å². The fraction of sp³-hybridized carbons (Fsp3) is 0.571. The van der Waals surface area contributed by atoms with Crippen LogP contribution in [0.4, 0.5) is 0 Å². The van der Waals surface area contributed by atoms with Crippen molar-refractivity contribution in [2.45, 2.75) is 51.6 Å². The second-order valence-electron chi connectivity index (χ2n) is 4.07. The van der Waals surface area contributed by atoms with Crippen LogP contribution in [0.5, 0.6) is 0 Å². The molecule has 1 atom stereocenters.